The van der Waals surface area contributed by atoms with Crippen LogP contribution in [0.15, 0.2) is 28.9 Å². The van der Waals surface area contributed by atoms with Gasteiger partial charge in [-0.1, -0.05) is 12.2 Å². The number of hydrogen-bond acceptors (Lipinski definition) is 1. The molecule has 0 aliphatic carbocycles. The van der Waals surface area contributed by atoms with E-state index in [1.54, 1.807) is 0 Å². The van der Waals surface area contributed by atoms with Gasteiger partial charge in [0.05, 0.1) is 5.52 Å². The molecule has 0 saturated heterocycles. The van der Waals surface area contributed by atoms with Crippen molar-refractivity contribution in [1.82, 2.24) is 4.98 Å². The summed E-state index contributed by atoms with van der Waals surface area (Å²) in [6.07, 6.45) is 1.87. The first-order valence-electron chi connectivity index (χ1n) is 3.96. The molecule has 1 heterocycles. The SMILES string of the molecule is Cc1cc(Br)c2[nH]ccc(=S)c2c1. The highest BCUT2D eigenvalue weighted by Crippen LogP contribution is 2.24. The lowest BCUT2D eigenvalue weighted by Crippen LogP contribution is -1.82. The fourth-order valence-corrected chi connectivity index (χ4v) is 2.29. The first-order valence-corrected chi connectivity index (χ1v) is 5.16. The molecule has 3 heteroatoms. The van der Waals surface area contributed by atoms with Crippen molar-refractivity contribution in [1.29, 1.82) is 0 Å². The largest absolute Gasteiger partial charge is 0.360 e. The summed E-state index contributed by atoms with van der Waals surface area (Å²) < 4.78 is 1.95. The number of H-pyrrole nitrogens is 1. The number of aromatic nitrogens is 1. The van der Waals surface area contributed by atoms with Gasteiger partial charge in [-0.25, -0.2) is 0 Å². The van der Waals surface area contributed by atoms with E-state index in [9.17, 15) is 0 Å². The predicted octanol–water partition coefficient (Wildman–Crippen LogP) is 3.97. The molecule has 2 aromatic rings. The Morgan fingerprint density at radius 1 is 1.38 bits per heavy atom. The van der Waals surface area contributed by atoms with Crippen LogP contribution in [0.3, 0.4) is 0 Å². The van der Waals surface area contributed by atoms with Gasteiger partial charge in [0.25, 0.3) is 0 Å². The number of rotatable bonds is 0. The molecular formula is C10H8BrNS. The van der Waals surface area contributed by atoms with Gasteiger partial charge in [0.2, 0.25) is 0 Å². The van der Waals surface area contributed by atoms with E-state index in [0.29, 0.717) is 0 Å². The summed E-state index contributed by atoms with van der Waals surface area (Å²) in [5, 5.41) is 1.10. The summed E-state index contributed by atoms with van der Waals surface area (Å²) in [6, 6.07) is 6.08. The number of benzene rings is 1. The Kier molecular flexibility index (Phi) is 2.22. The van der Waals surface area contributed by atoms with Crippen LogP contribution in [-0.2, 0) is 0 Å². The van der Waals surface area contributed by atoms with E-state index < -0.39 is 0 Å². The number of halogens is 1. The first kappa shape index (κ1) is 8.91. The molecule has 66 valence electrons. The molecule has 1 aromatic heterocycles. The fraction of sp³-hybridized carbons (Fsp3) is 0.100. The van der Waals surface area contributed by atoms with E-state index >= 15 is 0 Å². The second kappa shape index (κ2) is 3.24. The summed E-state index contributed by atoms with van der Waals surface area (Å²) in [4.78, 5) is 3.17. The number of aryl methyl sites for hydroxylation is 1. The zero-order valence-electron chi connectivity index (χ0n) is 7.10. The van der Waals surface area contributed by atoms with Crippen LogP contribution >= 0.6 is 28.1 Å². The maximum absolute atomic E-state index is 5.23. The number of pyridine rings is 1. The quantitative estimate of drug-likeness (QED) is 0.703. The van der Waals surface area contributed by atoms with Gasteiger partial charge < -0.3 is 4.98 Å². The minimum atomic E-state index is 0.887. The molecule has 1 N–H and O–H groups in total. The third-order valence-corrected chi connectivity index (χ3v) is 2.94. The Bertz CT molecular complexity index is 516. The van der Waals surface area contributed by atoms with Crippen LogP contribution in [0.25, 0.3) is 10.9 Å². The van der Waals surface area contributed by atoms with E-state index in [2.05, 4.69) is 40.0 Å². The van der Waals surface area contributed by atoms with Gasteiger partial charge in [0, 0.05) is 20.6 Å². The Balaban J connectivity index is 3.03. The Labute approximate surface area is 89.9 Å². The maximum atomic E-state index is 5.23. The van der Waals surface area contributed by atoms with Gasteiger partial charge in [-0.3, -0.25) is 0 Å². The highest BCUT2D eigenvalue weighted by Gasteiger charge is 2.00. The standard InChI is InChI=1S/C10H8BrNS/c1-6-4-7-9(13)2-3-12-10(7)8(11)5-6/h2-5H,1H3,(H,12,13). The van der Waals surface area contributed by atoms with E-state index in [4.69, 9.17) is 12.2 Å². The van der Waals surface area contributed by atoms with Gasteiger partial charge in [0.15, 0.2) is 0 Å². The van der Waals surface area contributed by atoms with Crippen LogP contribution in [0.4, 0.5) is 0 Å². The fourth-order valence-electron chi connectivity index (χ4n) is 1.37. The third kappa shape index (κ3) is 1.54. The number of fused-ring (bicyclic) bond motifs is 1. The van der Waals surface area contributed by atoms with Gasteiger partial charge in [-0.15, -0.1) is 0 Å². The Morgan fingerprint density at radius 2 is 2.15 bits per heavy atom. The maximum Gasteiger partial charge on any atom is 0.0612 e. The van der Waals surface area contributed by atoms with Crippen molar-refractivity contribution in [2.45, 2.75) is 6.92 Å². The lowest BCUT2D eigenvalue weighted by Gasteiger charge is -2.02. The van der Waals surface area contributed by atoms with Crippen LogP contribution in [0.2, 0.25) is 0 Å². The minimum absolute atomic E-state index is 0.887. The molecule has 0 radical (unpaired) electrons. The van der Waals surface area contributed by atoms with Gasteiger partial charge in [0.1, 0.15) is 0 Å². The zero-order valence-corrected chi connectivity index (χ0v) is 9.50. The second-order valence-electron chi connectivity index (χ2n) is 3.01. The lowest BCUT2D eigenvalue weighted by molar-refractivity contribution is 1.37. The third-order valence-electron chi connectivity index (χ3n) is 1.96. The highest BCUT2D eigenvalue weighted by atomic mass is 79.9. The van der Waals surface area contributed by atoms with Crippen molar-refractivity contribution in [3.63, 3.8) is 0 Å². The average Bonchev–Trinajstić information content (AvgIpc) is 2.07. The summed E-state index contributed by atoms with van der Waals surface area (Å²) in [5.41, 5.74) is 2.28. The van der Waals surface area contributed by atoms with Crippen LogP contribution in [-0.4, -0.2) is 4.98 Å². The van der Waals surface area contributed by atoms with E-state index in [1.165, 1.54) is 5.56 Å². The van der Waals surface area contributed by atoms with E-state index in [-0.39, 0.29) is 0 Å². The molecular weight excluding hydrogens is 246 g/mol. The van der Waals surface area contributed by atoms with E-state index in [1.807, 2.05) is 12.3 Å². The number of nitrogens with one attached hydrogen (secondary N) is 1. The van der Waals surface area contributed by atoms with Crippen molar-refractivity contribution in [2.75, 3.05) is 0 Å². The molecule has 1 aromatic carbocycles. The van der Waals surface area contributed by atoms with Crippen molar-refractivity contribution in [2.24, 2.45) is 0 Å². The molecule has 13 heavy (non-hydrogen) atoms. The van der Waals surface area contributed by atoms with Crippen LogP contribution in [0.5, 0.6) is 0 Å². The van der Waals surface area contributed by atoms with Crippen molar-refractivity contribution < 1.29 is 0 Å². The molecule has 0 atom stereocenters. The topological polar surface area (TPSA) is 15.8 Å². The summed E-state index contributed by atoms with van der Waals surface area (Å²) in [7, 11) is 0. The van der Waals surface area contributed by atoms with Gasteiger partial charge in [-0.2, -0.15) is 0 Å². The van der Waals surface area contributed by atoms with Crippen LogP contribution < -0.4 is 0 Å². The number of hydrogen-bond donors (Lipinski definition) is 1. The lowest BCUT2D eigenvalue weighted by atomic mass is 10.1. The highest BCUT2D eigenvalue weighted by molar-refractivity contribution is 9.10. The molecule has 0 fully saturated rings. The van der Waals surface area contributed by atoms with Crippen molar-refractivity contribution >= 4 is 39.1 Å². The summed E-state index contributed by atoms with van der Waals surface area (Å²) in [5.74, 6) is 0. The Morgan fingerprint density at radius 3 is 2.92 bits per heavy atom. The molecule has 0 bridgehead atoms. The molecule has 0 spiro atoms. The molecule has 1 nitrogen and oxygen atoms in total. The summed E-state index contributed by atoms with van der Waals surface area (Å²) in [6.45, 7) is 2.06. The summed E-state index contributed by atoms with van der Waals surface area (Å²) >= 11 is 8.74. The van der Waals surface area contributed by atoms with Crippen molar-refractivity contribution in [3.05, 3.63) is 38.9 Å². The molecule has 2 rings (SSSR count). The van der Waals surface area contributed by atoms with E-state index in [0.717, 1.165) is 19.9 Å². The normalized spacial score (nSPS) is 10.6. The van der Waals surface area contributed by atoms with Crippen LogP contribution in [0.1, 0.15) is 5.56 Å². The smallest absolute Gasteiger partial charge is 0.0612 e. The average molecular weight is 254 g/mol. The number of aromatic amines is 1. The Hall–Kier alpha value is -0.670. The molecule has 0 unspecified atom stereocenters. The molecule has 0 aliphatic heterocycles. The first-order chi connectivity index (χ1) is 6.18. The van der Waals surface area contributed by atoms with Gasteiger partial charge in [-0.05, 0) is 46.6 Å². The minimum Gasteiger partial charge on any atom is -0.360 e. The van der Waals surface area contributed by atoms with Gasteiger partial charge >= 0.3 is 0 Å². The zero-order chi connectivity index (χ0) is 9.42. The molecule has 0 saturated carbocycles. The second-order valence-corrected chi connectivity index (χ2v) is 4.31. The van der Waals surface area contributed by atoms with Crippen molar-refractivity contribution in [3.8, 4) is 0 Å². The molecule has 0 aliphatic rings. The predicted molar refractivity (Wildman–Crippen MR) is 61.6 cm³/mol. The molecule has 0 amide bonds. The van der Waals surface area contributed by atoms with Crippen LogP contribution in [0, 0.1) is 11.4 Å². The monoisotopic (exact) mass is 253 g/mol.